The molecule has 3 aromatic carbocycles. The molecule has 1 unspecified atom stereocenters. The number of nitrogens with zero attached hydrogens (tertiary/aromatic N) is 1. The Bertz CT molecular complexity index is 915. The average Bonchev–Trinajstić information content (AvgIpc) is 2.78. The van der Waals surface area contributed by atoms with Gasteiger partial charge in [-0.15, -0.1) is 0 Å². The van der Waals surface area contributed by atoms with E-state index in [2.05, 4.69) is 91.0 Å². The molecule has 0 spiro atoms. The van der Waals surface area contributed by atoms with Crippen molar-refractivity contribution in [2.75, 3.05) is 26.3 Å². The van der Waals surface area contributed by atoms with E-state index in [1.807, 2.05) is 7.05 Å². The van der Waals surface area contributed by atoms with Gasteiger partial charge in [0.25, 0.3) is 0 Å². The molecule has 162 valence electrons. The van der Waals surface area contributed by atoms with Crippen molar-refractivity contribution in [1.82, 2.24) is 0 Å². The molecular formula is C25H32N4OP+. The van der Waals surface area contributed by atoms with Crippen LogP contribution in [0.3, 0.4) is 0 Å². The van der Waals surface area contributed by atoms with Gasteiger partial charge in [-0.2, -0.15) is 0 Å². The van der Waals surface area contributed by atoms with Gasteiger partial charge in [0, 0.05) is 0 Å². The first-order valence-corrected chi connectivity index (χ1v) is 12.7. The molecule has 6 heteroatoms. The SMILES string of the molecule is C[N+](CCC[PH](c1ccccc1)(c1ccccc1)c1ccccc1)(CC(N)=O)C(=N)N. The van der Waals surface area contributed by atoms with Gasteiger partial charge in [-0.05, 0) is 0 Å². The summed E-state index contributed by atoms with van der Waals surface area (Å²) in [4.78, 5) is 11.6. The van der Waals surface area contributed by atoms with E-state index >= 15 is 0 Å². The molecule has 0 aliphatic carbocycles. The Morgan fingerprint density at radius 3 is 1.52 bits per heavy atom. The summed E-state index contributed by atoms with van der Waals surface area (Å²) >= 11 is 0. The van der Waals surface area contributed by atoms with Crippen LogP contribution in [0.4, 0.5) is 0 Å². The molecule has 0 saturated carbocycles. The molecule has 0 aromatic heterocycles. The summed E-state index contributed by atoms with van der Waals surface area (Å²) in [6.45, 7) is 0.616. The van der Waals surface area contributed by atoms with E-state index in [1.165, 1.54) is 15.9 Å². The molecule has 31 heavy (non-hydrogen) atoms. The van der Waals surface area contributed by atoms with Crippen molar-refractivity contribution in [3.05, 3.63) is 91.0 Å². The molecule has 0 fully saturated rings. The van der Waals surface area contributed by atoms with Gasteiger partial charge < -0.3 is 0 Å². The van der Waals surface area contributed by atoms with Crippen LogP contribution in [0.2, 0.25) is 0 Å². The zero-order chi connectivity index (χ0) is 22.3. The quantitative estimate of drug-likeness (QED) is 0.207. The van der Waals surface area contributed by atoms with E-state index < -0.39 is 13.2 Å². The average molecular weight is 436 g/mol. The number of carbonyl (C=O) groups is 1. The van der Waals surface area contributed by atoms with Gasteiger partial charge in [0.15, 0.2) is 0 Å². The Kier molecular flexibility index (Phi) is 7.21. The Morgan fingerprint density at radius 2 is 1.19 bits per heavy atom. The van der Waals surface area contributed by atoms with E-state index in [4.69, 9.17) is 16.9 Å². The van der Waals surface area contributed by atoms with E-state index in [-0.39, 0.29) is 17.0 Å². The second-order valence-corrected chi connectivity index (χ2v) is 12.3. The summed E-state index contributed by atoms with van der Waals surface area (Å²) < 4.78 is 0.0399. The van der Waals surface area contributed by atoms with Gasteiger partial charge in [0.2, 0.25) is 0 Å². The first kappa shape index (κ1) is 22.7. The van der Waals surface area contributed by atoms with Crippen LogP contribution in [-0.2, 0) is 4.79 Å². The van der Waals surface area contributed by atoms with E-state index in [9.17, 15) is 4.79 Å². The van der Waals surface area contributed by atoms with Gasteiger partial charge in [-0.1, -0.05) is 0 Å². The van der Waals surface area contributed by atoms with Crippen molar-refractivity contribution < 1.29 is 9.28 Å². The molecule has 3 aromatic rings. The number of nitrogens with two attached hydrogens (primary N) is 2. The summed E-state index contributed by atoms with van der Waals surface area (Å²) in [5.74, 6) is -0.486. The summed E-state index contributed by atoms with van der Waals surface area (Å²) in [6, 6.07) is 32.2. The van der Waals surface area contributed by atoms with E-state index in [0.29, 0.717) is 6.54 Å². The number of hydrogen-bond acceptors (Lipinski definition) is 2. The monoisotopic (exact) mass is 435 g/mol. The number of benzene rings is 3. The van der Waals surface area contributed by atoms with Crippen molar-refractivity contribution in [2.24, 2.45) is 11.5 Å². The molecule has 0 aliphatic heterocycles. The van der Waals surface area contributed by atoms with Gasteiger partial charge >= 0.3 is 185 Å². The molecular weight excluding hydrogens is 403 g/mol. The summed E-state index contributed by atoms with van der Waals surface area (Å²) in [5, 5.41) is 12.1. The van der Waals surface area contributed by atoms with Crippen LogP contribution in [-0.4, -0.2) is 42.6 Å². The maximum absolute atomic E-state index is 11.6. The molecule has 5 N–H and O–H groups in total. The normalized spacial score (nSPS) is 13.8. The number of amides is 1. The Morgan fingerprint density at radius 1 is 0.806 bits per heavy atom. The van der Waals surface area contributed by atoms with Crippen molar-refractivity contribution >= 4 is 35.0 Å². The third-order valence-electron chi connectivity index (χ3n) is 6.09. The number of primary amides is 1. The molecule has 1 atom stereocenters. The minimum absolute atomic E-state index is 0.0336. The number of hydrogen-bond donors (Lipinski definition) is 3. The van der Waals surface area contributed by atoms with Gasteiger partial charge in [0.05, 0.1) is 0 Å². The number of nitrogens with one attached hydrogen (secondary N) is 1. The Labute approximate surface area is 185 Å². The first-order valence-electron chi connectivity index (χ1n) is 10.5. The fraction of sp³-hybridized carbons (Fsp3) is 0.200. The predicted octanol–water partition coefficient (Wildman–Crippen LogP) is 1.93. The van der Waals surface area contributed by atoms with Crippen molar-refractivity contribution in [3.63, 3.8) is 0 Å². The summed E-state index contributed by atoms with van der Waals surface area (Å²) in [6.07, 6.45) is 1.75. The summed E-state index contributed by atoms with van der Waals surface area (Å²) in [5.41, 5.74) is 11.3. The van der Waals surface area contributed by atoms with Gasteiger partial charge in [-0.3, -0.25) is 0 Å². The van der Waals surface area contributed by atoms with Gasteiger partial charge in [0.1, 0.15) is 0 Å². The van der Waals surface area contributed by atoms with Crippen LogP contribution in [0, 0.1) is 5.41 Å². The topological polar surface area (TPSA) is 93.0 Å². The molecule has 5 nitrogen and oxygen atoms in total. The fourth-order valence-corrected chi connectivity index (χ4v) is 9.26. The van der Waals surface area contributed by atoms with E-state index in [0.717, 1.165) is 12.6 Å². The van der Waals surface area contributed by atoms with Crippen LogP contribution < -0.4 is 27.4 Å². The Balaban J connectivity index is 2.06. The van der Waals surface area contributed by atoms with Crippen LogP contribution in [0.1, 0.15) is 6.42 Å². The fourth-order valence-electron chi connectivity index (χ4n) is 4.42. The third kappa shape index (κ3) is 5.01. The van der Waals surface area contributed by atoms with Gasteiger partial charge in [-0.25, -0.2) is 0 Å². The number of quaternary nitrogens is 1. The Hall–Kier alpha value is -3.01. The predicted molar refractivity (Wildman–Crippen MR) is 133 cm³/mol. The standard InChI is InChI=1S/C25H31N4OP/c1-29(25(27)28,20-24(26)30)18-11-19-31(21-12-5-2-6-13-21,22-14-7-3-8-15-22)23-16-9-4-10-17-23/h2-10,12-17,31H,11,18-20H2,1H3,(H4-,26,27,28,30)/p+1. The zero-order valence-corrected chi connectivity index (χ0v) is 19.0. The van der Waals surface area contributed by atoms with Crippen LogP contribution >= 0.6 is 7.26 Å². The van der Waals surface area contributed by atoms with Crippen LogP contribution in [0.5, 0.6) is 0 Å². The number of carbonyl (C=O) groups excluding carboxylic acids is 1. The van der Waals surface area contributed by atoms with E-state index in [1.54, 1.807) is 0 Å². The molecule has 0 heterocycles. The van der Waals surface area contributed by atoms with Crippen molar-refractivity contribution in [2.45, 2.75) is 6.42 Å². The zero-order valence-electron chi connectivity index (χ0n) is 18.0. The second-order valence-electron chi connectivity index (χ2n) is 8.24. The molecule has 0 bridgehead atoms. The minimum atomic E-state index is -2.34. The van der Waals surface area contributed by atoms with Crippen LogP contribution in [0.25, 0.3) is 0 Å². The van der Waals surface area contributed by atoms with Crippen molar-refractivity contribution in [1.29, 1.82) is 5.41 Å². The third-order valence-corrected chi connectivity index (χ3v) is 11.1. The van der Waals surface area contributed by atoms with Crippen molar-refractivity contribution in [3.8, 4) is 0 Å². The molecule has 3 rings (SSSR count). The number of likely N-dealkylation sites (N-methyl/N-ethyl adjacent to an activating group) is 1. The first-order chi connectivity index (χ1) is 14.9. The second kappa shape index (κ2) is 9.86. The maximum atomic E-state index is 11.6. The summed E-state index contributed by atoms with van der Waals surface area (Å²) in [7, 11) is -0.526. The van der Waals surface area contributed by atoms with Crippen LogP contribution in [0.15, 0.2) is 91.0 Å². The number of rotatable bonds is 9. The number of guanidine groups is 1. The molecule has 0 radical (unpaired) electrons. The molecule has 1 amide bonds. The molecule has 0 aliphatic rings. The molecule has 0 saturated heterocycles.